The number of fused-ring (bicyclic) bond motifs is 1. The first kappa shape index (κ1) is 15.1. The summed E-state index contributed by atoms with van der Waals surface area (Å²) in [7, 11) is 3.91. The summed E-state index contributed by atoms with van der Waals surface area (Å²) in [5.74, 6) is -0.434. The van der Waals surface area contributed by atoms with Crippen molar-refractivity contribution in [3.63, 3.8) is 0 Å². The number of nitrogens with zero attached hydrogens (tertiary/aromatic N) is 1. The second-order valence-corrected chi connectivity index (χ2v) is 5.59. The highest BCUT2D eigenvalue weighted by molar-refractivity contribution is 6.06. The molecule has 0 fully saturated rings. The topological polar surface area (TPSA) is 45.5 Å². The minimum absolute atomic E-state index is 0.264. The maximum atomic E-state index is 12.9. The van der Waals surface area contributed by atoms with Gasteiger partial charge >= 0.3 is 0 Å². The molecule has 0 saturated carbocycles. The van der Waals surface area contributed by atoms with Crippen LogP contribution in [-0.4, -0.2) is 20.0 Å². The molecule has 0 saturated heterocycles. The molecule has 1 heterocycles. The van der Waals surface area contributed by atoms with E-state index in [2.05, 4.69) is 5.32 Å². The monoisotopic (exact) mass is 312 g/mol. The highest BCUT2D eigenvalue weighted by Gasteiger charge is 2.18. The van der Waals surface area contributed by atoms with E-state index in [0.29, 0.717) is 11.3 Å². The van der Waals surface area contributed by atoms with E-state index < -0.39 is 0 Å². The molecule has 3 aromatic rings. The van der Waals surface area contributed by atoms with E-state index in [4.69, 9.17) is 4.42 Å². The molecule has 1 N–H and O–H groups in total. The van der Waals surface area contributed by atoms with Crippen molar-refractivity contribution in [3.05, 3.63) is 59.6 Å². The van der Waals surface area contributed by atoms with Gasteiger partial charge in [-0.2, -0.15) is 0 Å². The number of amides is 1. The third-order valence-corrected chi connectivity index (χ3v) is 3.74. The second kappa shape index (κ2) is 5.76. The molecule has 0 spiro atoms. The van der Waals surface area contributed by atoms with Crippen LogP contribution in [0.3, 0.4) is 0 Å². The number of halogens is 1. The van der Waals surface area contributed by atoms with Gasteiger partial charge < -0.3 is 14.6 Å². The fourth-order valence-corrected chi connectivity index (χ4v) is 2.42. The lowest BCUT2D eigenvalue weighted by Crippen LogP contribution is -2.12. The molecule has 0 bridgehead atoms. The van der Waals surface area contributed by atoms with Gasteiger partial charge in [0.25, 0.3) is 5.91 Å². The van der Waals surface area contributed by atoms with E-state index in [-0.39, 0.29) is 17.5 Å². The summed E-state index contributed by atoms with van der Waals surface area (Å²) >= 11 is 0. The van der Waals surface area contributed by atoms with Crippen LogP contribution in [0, 0.1) is 12.7 Å². The van der Waals surface area contributed by atoms with E-state index >= 15 is 0 Å². The highest BCUT2D eigenvalue weighted by Crippen LogP contribution is 2.29. The summed E-state index contributed by atoms with van der Waals surface area (Å²) < 4.78 is 18.6. The van der Waals surface area contributed by atoms with E-state index in [1.807, 2.05) is 44.1 Å². The van der Waals surface area contributed by atoms with Crippen LogP contribution in [-0.2, 0) is 0 Å². The van der Waals surface area contributed by atoms with Crippen LogP contribution in [0.15, 0.2) is 46.9 Å². The van der Waals surface area contributed by atoms with E-state index in [1.54, 1.807) is 0 Å². The number of hydrogen-bond donors (Lipinski definition) is 1. The highest BCUT2D eigenvalue weighted by atomic mass is 19.1. The molecule has 23 heavy (non-hydrogen) atoms. The molecule has 2 aromatic carbocycles. The number of carbonyl (C=O) groups excluding carboxylic acids is 1. The van der Waals surface area contributed by atoms with Gasteiger partial charge in [-0.1, -0.05) is 0 Å². The summed E-state index contributed by atoms with van der Waals surface area (Å²) in [6.45, 7) is 1.85. The zero-order valence-corrected chi connectivity index (χ0v) is 13.2. The fraction of sp³-hybridized carbons (Fsp3) is 0.167. The van der Waals surface area contributed by atoms with Crippen molar-refractivity contribution in [2.45, 2.75) is 6.92 Å². The fourth-order valence-electron chi connectivity index (χ4n) is 2.42. The Bertz CT molecular complexity index is 867. The number of nitrogens with one attached hydrogen (secondary N) is 1. The first-order valence-electron chi connectivity index (χ1n) is 7.23. The molecule has 0 aliphatic rings. The van der Waals surface area contributed by atoms with Crippen molar-refractivity contribution in [2.24, 2.45) is 0 Å². The summed E-state index contributed by atoms with van der Waals surface area (Å²) in [5.41, 5.74) is 3.00. The van der Waals surface area contributed by atoms with Gasteiger partial charge in [0.2, 0.25) is 0 Å². The Hall–Kier alpha value is -2.82. The third-order valence-electron chi connectivity index (χ3n) is 3.74. The Morgan fingerprint density at radius 3 is 2.48 bits per heavy atom. The Balaban J connectivity index is 1.94. The van der Waals surface area contributed by atoms with Crippen LogP contribution >= 0.6 is 0 Å². The van der Waals surface area contributed by atoms with Crippen LogP contribution in [0.25, 0.3) is 11.0 Å². The number of anilines is 2. The Morgan fingerprint density at radius 1 is 1.13 bits per heavy atom. The van der Waals surface area contributed by atoms with Gasteiger partial charge in [-0.3, -0.25) is 4.79 Å². The predicted molar refractivity (Wildman–Crippen MR) is 89.6 cm³/mol. The summed E-state index contributed by atoms with van der Waals surface area (Å²) in [5, 5.41) is 3.62. The van der Waals surface area contributed by atoms with Crippen molar-refractivity contribution >= 4 is 28.3 Å². The minimum atomic E-state index is -0.350. The average Bonchev–Trinajstić information content (AvgIpc) is 2.86. The van der Waals surface area contributed by atoms with Crippen molar-refractivity contribution in [3.8, 4) is 0 Å². The predicted octanol–water partition coefficient (Wildman–Crippen LogP) is 4.20. The molecule has 3 rings (SSSR count). The number of carbonyl (C=O) groups is 1. The lowest BCUT2D eigenvalue weighted by Gasteiger charge is -2.11. The van der Waals surface area contributed by atoms with Gasteiger partial charge in [0.05, 0.1) is 0 Å². The molecule has 0 radical (unpaired) electrons. The summed E-state index contributed by atoms with van der Waals surface area (Å²) in [6, 6.07) is 11.4. The van der Waals surface area contributed by atoms with Gasteiger partial charge in [-0.15, -0.1) is 0 Å². The number of hydrogen-bond acceptors (Lipinski definition) is 3. The smallest absolute Gasteiger partial charge is 0.291 e. The van der Waals surface area contributed by atoms with Crippen LogP contribution < -0.4 is 10.2 Å². The number of rotatable bonds is 3. The van der Waals surface area contributed by atoms with Crippen molar-refractivity contribution in [1.82, 2.24) is 0 Å². The zero-order chi connectivity index (χ0) is 16.6. The summed E-state index contributed by atoms with van der Waals surface area (Å²) in [4.78, 5) is 14.4. The van der Waals surface area contributed by atoms with Crippen molar-refractivity contribution < 1.29 is 13.6 Å². The molecule has 0 atom stereocenters. The zero-order valence-electron chi connectivity index (χ0n) is 13.2. The van der Waals surface area contributed by atoms with Crippen molar-refractivity contribution in [2.75, 3.05) is 24.3 Å². The standard InChI is InChI=1S/C18H17FN2O2/c1-11-15-10-14(21(2)3)8-9-16(15)23-17(11)18(22)20-13-6-4-12(19)5-7-13/h4-10H,1-3H3,(H,20,22). The van der Waals surface area contributed by atoms with Crippen LogP contribution in [0.4, 0.5) is 15.8 Å². The largest absolute Gasteiger partial charge is 0.451 e. The van der Waals surface area contributed by atoms with Gasteiger partial charge in [0, 0.05) is 36.4 Å². The average molecular weight is 312 g/mol. The quantitative estimate of drug-likeness (QED) is 0.788. The van der Waals surface area contributed by atoms with Crippen LogP contribution in [0.1, 0.15) is 16.1 Å². The summed E-state index contributed by atoms with van der Waals surface area (Å²) in [6.07, 6.45) is 0. The molecule has 1 aromatic heterocycles. The van der Waals surface area contributed by atoms with E-state index in [0.717, 1.165) is 16.6 Å². The van der Waals surface area contributed by atoms with Crippen molar-refractivity contribution in [1.29, 1.82) is 0 Å². The lowest BCUT2D eigenvalue weighted by molar-refractivity contribution is 0.0998. The number of benzene rings is 2. The molecule has 0 unspecified atom stereocenters. The normalized spacial score (nSPS) is 10.8. The Morgan fingerprint density at radius 2 is 1.83 bits per heavy atom. The van der Waals surface area contributed by atoms with E-state index in [1.165, 1.54) is 24.3 Å². The number of furan rings is 1. The Labute approximate surface area is 133 Å². The minimum Gasteiger partial charge on any atom is -0.451 e. The molecule has 1 amide bonds. The van der Waals surface area contributed by atoms with E-state index in [9.17, 15) is 9.18 Å². The molecule has 0 aliphatic heterocycles. The molecule has 5 heteroatoms. The molecular formula is C18H17FN2O2. The first-order chi connectivity index (χ1) is 11.0. The molecule has 4 nitrogen and oxygen atoms in total. The Kier molecular flexibility index (Phi) is 3.78. The first-order valence-corrected chi connectivity index (χ1v) is 7.23. The van der Waals surface area contributed by atoms with Gasteiger partial charge in [0.1, 0.15) is 11.4 Å². The van der Waals surface area contributed by atoms with Crippen LogP contribution in [0.2, 0.25) is 0 Å². The molecule has 0 aliphatic carbocycles. The third kappa shape index (κ3) is 2.90. The second-order valence-electron chi connectivity index (χ2n) is 5.59. The van der Waals surface area contributed by atoms with Gasteiger partial charge in [0.15, 0.2) is 5.76 Å². The molecular weight excluding hydrogens is 295 g/mol. The maximum Gasteiger partial charge on any atom is 0.291 e. The SMILES string of the molecule is Cc1c(C(=O)Nc2ccc(F)cc2)oc2ccc(N(C)C)cc12. The lowest BCUT2D eigenvalue weighted by atomic mass is 10.1. The number of aryl methyl sites for hydroxylation is 1. The van der Waals surface area contributed by atoms with Gasteiger partial charge in [-0.05, 0) is 49.4 Å². The maximum absolute atomic E-state index is 12.9. The molecule has 118 valence electrons. The van der Waals surface area contributed by atoms with Gasteiger partial charge in [-0.25, -0.2) is 4.39 Å². The van der Waals surface area contributed by atoms with Crippen LogP contribution in [0.5, 0.6) is 0 Å².